The molecule has 0 rings (SSSR count). The molecule has 74 valence electrons. The van der Waals surface area contributed by atoms with Gasteiger partial charge in [0.05, 0.1) is 0 Å². The van der Waals surface area contributed by atoms with Gasteiger partial charge >= 0.3 is 0 Å². The van der Waals surface area contributed by atoms with Crippen LogP contribution in [0.1, 0.15) is 34.1 Å². The highest BCUT2D eigenvalue weighted by Crippen LogP contribution is 2.18. The monoisotopic (exact) mass is 191 g/mol. The van der Waals surface area contributed by atoms with E-state index in [2.05, 4.69) is 20.8 Å². The lowest BCUT2D eigenvalue weighted by molar-refractivity contribution is 0.400. The van der Waals surface area contributed by atoms with Crippen molar-refractivity contribution in [1.29, 1.82) is 0 Å². The first kappa shape index (κ1) is 12.1. The molecule has 0 amide bonds. The summed E-state index contributed by atoms with van der Waals surface area (Å²) in [6, 6.07) is 0.0609. The largest absolute Gasteiger partial charge is 0.327 e. The van der Waals surface area contributed by atoms with Crippen LogP contribution in [0, 0.1) is 5.41 Å². The Kier molecular flexibility index (Phi) is 5.02. The predicted octanol–water partition coefficient (Wildman–Crippen LogP) is 1.52. The number of nitrogens with two attached hydrogens (primary N) is 1. The van der Waals surface area contributed by atoms with E-state index < -0.39 is 10.8 Å². The molecule has 0 bridgehead atoms. The molecule has 0 spiro atoms. The van der Waals surface area contributed by atoms with Crippen LogP contribution in [-0.2, 0) is 10.8 Å². The van der Waals surface area contributed by atoms with E-state index in [-0.39, 0.29) is 11.5 Å². The van der Waals surface area contributed by atoms with Crippen LogP contribution in [0.2, 0.25) is 0 Å². The molecule has 0 radical (unpaired) electrons. The molecule has 0 saturated carbocycles. The van der Waals surface area contributed by atoms with Crippen molar-refractivity contribution in [1.82, 2.24) is 0 Å². The Labute approximate surface area is 78.4 Å². The van der Waals surface area contributed by atoms with Gasteiger partial charge in [-0.3, -0.25) is 4.21 Å². The van der Waals surface area contributed by atoms with Crippen molar-refractivity contribution >= 4 is 10.8 Å². The van der Waals surface area contributed by atoms with Gasteiger partial charge in [-0.25, -0.2) is 0 Å². The molecule has 0 fully saturated rings. The topological polar surface area (TPSA) is 43.1 Å². The fraction of sp³-hybridized carbons (Fsp3) is 1.00. The van der Waals surface area contributed by atoms with E-state index in [1.165, 1.54) is 0 Å². The second-order valence-electron chi connectivity index (χ2n) is 4.60. The van der Waals surface area contributed by atoms with Crippen molar-refractivity contribution < 1.29 is 4.21 Å². The molecule has 2 atom stereocenters. The molecular weight excluding hydrogens is 170 g/mol. The highest BCUT2D eigenvalue weighted by atomic mass is 32.2. The minimum Gasteiger partial charge on any atom is -0.327 e. The van der Waals surface area contributed by atoms with E-state index in [1.807, 2.05) is 6.92 Å². The Morgan fingerprint density at radius 1 is 1.42 bits per heavy atom. The van der Waals surface area contributed by atoms with E-state index in [0.29, 0.717) is 5.75 Å². The van der Waals surface area contributed by atoms with Gasteiger partial charge in [0.15, 0.2) is 0 Å². The highest BCUT2D eigenvalue weighted by molar-refractivity contribution is 7.85. The Balaban J connectivity index is 3.58. The molecule has 0 aromatic heterocycles. The van der Waals surface area contributed by atoms with Crippen molar-refractivity contribution in [3.63, 3.8) is 0 Å². The normalized spacial score (nSPS) is 17.4. The molecule has 2 unspecified atom stereocenters. The molecule has 12 heavy (non-hydrogen) atoms. The molecule has 0 aliphatic heterocycles. The fourth-order valence-electron chi connectivity index (χ4n) is 0.797. The van der Waals surface area contributed by atoms with Crippen LogP contribution >= 0.6 is 0 Å². The van der Waals surface area contributed by atoms with Crippen molar-refractivity contribution in [3.8, 4) is 0 Å². The maximum absolute atomic E-state index is 11.3. The van der Waals surface area contributed by atoms with Crippen LogP contribution in [0.3, 0.4) is 0 Å². The first-order valence-corrected chi connectivity index (χ1v) is 5.90. The molecule has 0 aliphatic carbocycles. The zero-order chi connectivity index (χ0) is 9.78. The van der Waals surface area contributed by atoms with Crippen LogP contribution in [0.25, 0.3) is 0 Å². The third kappa shape index (κ3) is 8.21. The van der Waals surface area contributed by atoms with Gasteiger partial charge in [-0.15, -0.1) is 0 Å². The summed E-state index contributed by atoms with van der Waals surface area (Å²) in [5.74, 6) is 1.42. The first-order valence-electron chi connectivity index (χ1n) is 4.42. The number of rotatable bonds is 4. The molecule has 0 aromatic rings. The Bertz CT molecular complexity index is 149. The second kappa shape index (κ2) is 4.97. The molecule has 0 aromatic carbocycles. The average Bonchev–Trinajstić information content (AvgIpc) is 1.80. The zero-order valence-corrected chi connectivity index (χ0v) is 9.41. The van der Waals surface area contributed by atoms with Crippen LogP contribution in [-0.4, -0.2) is 21.8 Å². The molecule has 0 heterocycles. The van der Waals surface area contributed by atoms with Crippen molar-refractivity contribution in [2.24, 2.45) is 11.1 Å². The highest BCUT2D eigenvalue weighted by Gasteiger charge is 2.12. The third-order valence-corrected chi connectivity index (χ3v) is 3.09. The van der Waals surface area contributed by atoms with E-state index in [0.717, 1.165) is 12.2 Å². The maximum atomic E-state index is 11.3. The smallest absolute Gasteiger partial charge is 0.0383 e. The van der Waals surface area contributed by atoms with Gasteiger partial charge in [0.25, 0.3) is 0 Å². The lowest BCUT2D eigenvalue weighted by atomic mass is 9.94. The summed E-state index contributed by atoms with van der Waals surface area (Å²) in [6.45, 7) is 8.39. The number of hydrogen-bond acceptors (Lipinski definition) is 2. The van der Waals surface area contributed by atoms with E-state index in [9.17, 15) is 4.21 Å². The third-order valence-electron chi connectivity index (χ3n) is 1.53. The standard InChI is InChI=1S/C9H21NOS/c1-8(10)7-12(11)6-5-9(2,3)4/h8H,5-7,10H2,1-4H3. The Hall–Kier alpha value is 0.110. The summed E-state index contributed by atoms with van der Waals surface area (Å²) < 4.78 is 11.3. The maximum Gasteiger partial charge on any atom is 0.0383 e. The number of hydrogen-bond donors (Lipinski definition) is 1. The van der Waals surface area contributed by atoms with E-state index in [4.69, 9.17) is 5.73 Å². The summed E-state index contributed by atoms with van der Waals surface area (Å²) >= 11 is 0. The molecule has 0 aliphatic rings. The minimum atomic E-state index is -0.722. The quantitative estimate of drug-likeness (QED) is 0.732. The summed E-state index contributed by atoms with van der Waals surface area (Å²) in [5, 5.41) is 0. The van der Waals surface area contributed by atoms with Gasteiger partial charge in [0, 0.05) is 28.3 Å². The summed E-state index contributed by atoms with van der Waals surface area (Å²) in [4.78, 5) is 0. The van der Waals surface area contributed by atoms with Gasteiger partial charge in [-0.2, -0.15) is 0 Å². The summed E-state index contributed by atoms with van der Waals surface area (Å²) in [7, 11) is -0.722. The SMILES string of the molecule is CC(N)CS(=O)CCC(C)(C)C. The van der Waals surface area contributed by atoms with Crippen LogP contribution in [0.5, 0.6) is 0 Å². The molecule has 2 N–H and O–H groups in total. The van der Waals surface area contributed by atoms with Crippen molar-refractivity contribution in [3.05, 3.63) is 0 Å². The Morgan fingerprint density at radius 2 is 1.92 bits per heavy atom. The fourth-order valence-corrected chi connectivity index (χ4v) is 2.39. The molecule has 2 nitrogen and oxygen atoms in total. The average molecular weight is 191 g/mol. The lowest BCUT2D eigenvalue weighted by Gasteiger charge is -2.17. The van der Waals surface area contributed by atoms with Crippen LogP contribution in [0.4, 0.5) is 0 Å². The predicted molar refractivity (Wildman–Crippen MR) is 55.6 cm³/mol. The van der Waals surface area contributed by atoms with Gasteiger partial charge < -0.3 is 5.73 Å². The van der Waals surface area contributed by atoms with Crippen molar-refractivity contribution in [2.75, 3.05) is 11.5 Å². The molecule has 3 heteroatoms. The Morgan fingerprint density at radius 3 is 2.25 bits per heavy atom. The van der Waals surface area contributed by atoms with Gasteiger partial charge in [0.1, 0.15) is 0 Å². The zero-order valence-electron chi connectivity index (χ0n) is 8.59. The summed E-state index contributed by atoms with van der Waals surface area (Å²) in [6.07, 6.45) is 1.01. The van der Waals surface area contributed by atoms with Gasteiger partial charge in [0.2, 0.25) is 0 Å². The van der Waals surface area contributed by atoms with Crippen LogP contribution < -0.4 is 5.73 Å². The van der Waals surface area contributed by atoms with Gasteiger partial charge in [-0.1, -0.05) is 20.8 Å². The van der Waals surface area contributed by atoms with Crippen molar-refractivity contribution in [2.45, 2.75) is 40.2 Å². The van der Waals surface area contributed by atoms with Crippen LogP contribution in [0.15, 0.2) is 0 Å². The molecule has 0 saturated heterocycles. The summed E-state index contributed by atoms with van der Waals surface area (Å²) in [5.41, 5.74) is 5.82. The van der Waals surface area contributed by atoms with E-state index >= 15 is 0 Å². The lowest BCUT2D eigenvalue weighted by Crippen LogP contribution is -2.25. The van der Waals surface area contributed by atoms with Gasteiger partial charge in [-0.05, 0) is 18.8 Å². The molecular formula is C9H21NOS. The first-order chi connectivity index (χ1) is 5.31. The van der Waals surface area contributed by atoms with E-state index in [1.54, 1.807) is 0 Å². The second-order valence-corrected chi connectivity index (χ2v) is 6.22. The minimum absolute atomic E-state index is 0.0609.